The highest BCUT2D eigenvalue weighted by molar-refractivity contribution is 5.97. The molecule has 34 heavy (non-hydrogen) atoms. The van der Waals surface area contributed by atoms with E-state index in [4.69, 9.17) is 9.47 Å². The normalized spacial score (nSPS) is 14.0. The van der Waals surface area contributed by atoms with E-state index in [0.717, 1.165) is 18.6 Å². The fraction of sp³-hybridized carbons (Fsp3) is 0.346. The van der Waals surface area contributed by atoms with Crippen molar-refractivity contribution in [2.45, 2.75) is 12.8 Å². The Morgan fingerprint density at radius 2 is 1.71 bits per heavy atom. The highest BCUT2D eigenvalue weighted by Gasteiger charge is 2.26. The van der Waals surface area contributed by atoms with Gasteiger partial charge in [-0.1, -0.05) is 30.3 Å². The summed E-state index contributed by atoms with van der Waals surface area (Å²) in [5.41, 5.74) is 1.12. The van der Waals surface area contributed by atoms with Gasteiger partial charge in [-0.2, -0.15) is 5.10 Å². The van der Waals surface area contributed by atoms with Crippen LogP contribution in [0.2, 0.25) is 0 Å². The van der Waals surface area contributed by atoms with Gasteiger partial charge in [0.25, 0.3) is 11.8 Å². The molecule has 0 spiro atoms. The third-order valence-corrected chi connectivity index (χ3v) is 5.89. The topological polar surface area (TPSA) is 85.7 Å². The largest absolute Gasteiger partial charge is 0.490 e. The summed E-state index contributed by atoms with van der Waals surface area (Å²) < 4.78 is 13.2. The molecule has 8 nitrogen and oxygen atoms in total. The van der Waals surface area contributed by atoms with Crippen LogP contribution in [0.25, 0.3) is 0 Å². The average molecular weight is 463 g/mol. The molecule has 1 fully saturated rings. The Labute approximate surface area is 199 Å². The van der Waals surface area contributed by atoms with Crippen LogP contribution in [0.15, 0.2) is 67.0 Å². The van der Waals surface area contributed by atoms with Gasteiger partial charge in [0.1, 0.15) is 24.7 Å². The van der Waals surface area contributed by atoms with Gasteiger partial charge in [-0.3, -0.25) is 14.3 Å². The SMILES string of the molecule is Cn1cc(C(=O)NCC2CCN(C(=O)c3ccccc3OCCOc3ccccc3)CC2)cn1. The summed E-state index contributed by atoms with van der Waals surface area (Å²) in [4.78, 5) is 27.3. The summed E-state index contributed by atoms with van der Waals surface area (Å²) >= 11 is 0. The third-order valence-electron chi connectivity index (χ3n) is 5.89. The first kappa shape index (κ1) is 23.4. The van der Waals surface area contributed by atoms with Crippen molar-refractivity contribution in [3.63, 3.8) is 0 Å². The van der Waals surface area contributed by atoms with Gasteiger partial charge >= 0.3 is 0 Å². The van der Waals surface area contributed by atoms with Gasteiger partial charge in [-0.25, -0.2) is 0 Å². The maximum Gasteiger partial charge on any atom is 0.257 e. The summed E-state index contributed by atoms with van der Waals surface area (Å²) in [6.07, 6.45) is 4.94. The zero-order valence-corrected chi connectivity index (χ0v) is 19.4. The van der Waals surface area contributed by atoms with Gasteiger partial charge in [0.15, 0.2) is 0 Å². The number of aryl methyl sites for hydroxylation is 1. The number of carbonyl (C=O) groups excluding carboxylic acids is 2. The molecule has 3 aromatic rings. The molecule has 1 N–H and O–H groups in total. The van der Waals surface area contributed by atoms with Gasteiger partial charge < -0.3 is 19.7 Å². The highest BCUT2D eigenvalue weighted by atomic mass is 16.5. The van der Waals surface area contributed by atoms with Crippen LogP contribution in [-0.4, -0.2) is 59.3 Å². The van der Waals surface area contributed by atoms with Gasteiger partial charge in [-0.05, 0) is 43.0 Å². The van der Waals surface area contributed by atoms with Gasteiger partial charge in [0.05, 0.1) is 17.3 Å². The minimum absolute atomic E-state index is 0.0302. The second-order valence-electron chi connectivity index (χ2n) is 8.35. The molecule has 8 heteroatoms. The van der Waals surface area contributed by atoms with Gasteiger partial charge in [-0.15, -0.1) is 0 Å². The van der Waals surface area contributed by atoms with Crippen molar-refractivity contribution >= 4 is 11.8 Å². The Balaban J connectivity index is 1.24. The third kappa shape index (κ3) is 6.15. The molecule has 1 aromatic heterocycles. The van der Waals surface area contributed by atoms with E-state index in [-0.39, 0.29) is 11.8 Å². The second-order valence-corrected chi connectivity index (χ2v) is 8.35. The van der Waals surface area contributed by atoms with Crippen molar-refractivity contribution in [1.29, 1.82) is 0 Å². The molecular formula is C26H30N4O4. The predicted molar refractivity (Wildman–Crippen MR) is 128 cm³/mol. The molecule has 1 aliphatic heterocycles. The Morgan fingerprint density at radius 1 is 1.00 bits per heavy atom. The molecule has 1 aliphatic rings. The molecular weight excluding hydrogens is 432 g/mol. The monoisotopic (exact) mass is 462 g/mol. The number of nitrogens with one attached hydrogen (secondary N) is 1. The van der Waals surface area contributed by atoms with Crippen LogP contribution >= 0.6 is 0 Å². The van der Waals surface area contributed by atoms with Crippen molar-refractivity contribution in [2.24, 2.45) is 13.0 Å². The molecule has 1 saturated heterocycles. The Kier molecular flexibility index (Phi) is 7.80. The lowest BCUT2D eigenvalue weighted by Gasteiger charge is -2.32. The maximum atomic E-state index is 13.2. The lowest BCUT2D eigenvalue weighted by molar-refractivity contribution is 0.0679. The van der Waals surface area contributed by atoms with E-state index in [1.165, 1.54) is 0 Å². The minimum atomic E-state index is -0.117. The lowest BCUT2D eigenvalue weighted by atomic mass is 9.96. The number of para-hydroxylation sites is 2. The number of rotatable bonds is 9. The summed E-state index contributed by atoms with van der Waals surface area (Å²) in [5.74, 6) is 1.54. The van der Waals surface area contributed by atoms with Crippen molar-refractivity contribution in [3.05, 3.63) is 78.1 Å². The number of aromatic nitrogens is 2. The van der Waals surface area contributed by atoms with E-state index in [1.807, 2.05) is 53.4 Å². The van der Waals surface area contributed by atoms with Crippen LogP contribution in [0.5, 0.6) is 11.5 Å². The van der Waals surface area contributed by atoms with Crippen LogP contribution in [0.3, 0.4) is 0 Å². The number of hydrogen-bond acceptors (Lipinski definition) is 5. The number of likely N-dealkylation sites (tertiary alicyclic amines) is 1. The molecule has 0 atom stereocenters. The molecule has 0 bridgehead atoms. The first-order valence-electron chi connectivity index (χ1n) is 11.6. The zero-order chi connectivity index (χ0) is 23.8. The fourth-order valence-electron chi connectivity index (χ4n) is 3.99. The number of benzene rings is 2. The fourth-order valence-corrected chi connectivity index (χ4v) is 3.99. The van der Waals surface area contributed by atoms with E-state index < -0.39 is 0 Å². The first-order chi connectivity index (χ1) is 16.6. The number of nitrogens with zero attached hydrogens (tertiary/aromatic N) is 3. The summed E-state index contributed by atoms with van der Waals surface area (Å²) in [7, 11) is 1.78. The Hall–Kier alpha value is -3.81. The average Bonchev–Trinajstić information content (AvgIpc) is 3.32. The Bertz CT molecular complexity index is 1090. The van der Waals surface area contributed by atoms with E-state index in [0.29, 0.717) is 55.6 Å². The summed E-state index contributed by atoms with van der Waals surface area (Å²) in [5, 5.41) is 7.01. The van der Waals surface area contributed by atoms with Crippen LogP contribution in [0, 0.1) is 5.92 Å². The zero-order valence-electron chi connectivity index (χ0n) is 19.4. The lowest BCUT2D eigenvalue weighted by Crippen LogP contribution is -2.41. The minimum Gasteiger partial charge on any atom is -0.490 e. The van der Waals surface area contributed by atoms with Crippen molar-refractivity contribution in [2.75, 3.05) is 32.8 Å². The molecule has 4 rings (SSSR count). The van der Waals surface area contributed by atoms with Crippen LogP contribution in [0.4, 0.5) is 0 Å². The smallest absolute Gasteiger partial charge is 0.257 e. The van der Waals surface area contributed by atoms with Crippen molar-refractivity contribution in [3.8, 4) is 11.5 Å². The van der Waals surface area contributed by atoms with Gasteiger partial charge in [0.2, 0.25) is 0 Å². The molecule has 2 amide bonds. The summed E-state index contributed by atoms with van der Waals surface area (Å²) in [6.45, 7) is 2.63. The van der Waals surface area contributed by atoms with Crippen LogP contribution < -0.4 is 14.8 Å². The van der Waals surface area contributed by atoms with E-state index in [2.05, 4.69) is 10.4 Å². The molecule has 0 saturated carbocycles. The van der Waals surface area contributed by atoms with E-state index in [9.17, 15) is 9.59 Å². The number of ether oxygens (including phenoxy) is 2. The first-order valence-corrected chi connectivity index (χ1v) is 11.6. The molecule has 0 radical (unpaired) electrons. The van der Waals surface area contributed by atoms with E-state index in [1.54, 1.807) is 30.2 Å². The van der Waals surface area contributed by atoms with Crippen LogP contribution in [-0.2, 0) is 7.05 Å². The van der Waals surface area contributed by atoms with E-state index >= 15 is 0 Å². The number of amides is 2. The maximum absolute atomic E-state index is 13.2. The molecule has 178 valence electrons. The standard InChI is InChI=1S/C26H30N4O4/c1-29-19-21(18-28-29)25(31)27-17-20-11-13-30(14-12-20)26(32)23-9-5-6-10-24(23)34-16-15-33-22-7-3-2-4-8-22/h2-10,18-20H,11-17H2,1H3,(H,27,31). The van der Waals surface area contributed by atoms with Crippen LogP contribution in [0.1, 0.15) is 33.6 Å². The number of carbonyl (C=O) groups is 2. The highest BCUT2D eigenvalue weighted by Crippen LogP contribution is 2.24. The second kappa shape index (κ2) is 11.4. The van der Waals surface area contributed by atoms with Gasteiger partial charge in [0, 0.05) is 32.9 Å². The Morgan fingerprint density at radius 3 is 2.44 bits per heavy atom. The quantitative estimate of drug-likeness (QED) is 0.494. The number of hydrogen-bond donors (Lipinski definition) is 1. The molecule has 2 aromatic carbocycles. The predicted octanol–water partition coefficient (Wildman–Crippen LogP) is 3.16. The van der Waals surface area contributed by atoms with Crippen molar-refractivity contribution < 1.29 is 19.1 Å². The number of piperidine rings is 1. The van der Waals surface area contributed by atoms with Crippen molar-refractivity contribution in [1.82, 2.24) is 20.0 Å². The summed E-state index contributed by atoms with van der Waals surface area (Å²) in [6, 6.07) is 16.9. The molecule has 0 aliphatic carbocycles. The molecule has 0 unspecified atom stereocenters. The molecule has 2 heterocycles.